The van der Waals surface area contributed by atoms with Gasteiger partial charge in [-0.15, -0.1) is 0 Å². The summed E-state index contributed by atoms with van der Waals surface area (Å²) in [5, 5.41) is 0. The van der Waals surface area contributed by atoms with Crippen molar-refractivity contribution in [1.82, 2.24) is 4.98 Å². The van der Waals surface area contributed by atoms with Gasteiger partial charge in [0, 0.05) is 11.4 Å². The molecule has 1 heterocycles. The Bertz CT molecular complexity index is 380. The van der Waals surface area contributed by atoms with Crippen molar-refractivity contribution in [2.75, 3.05) is 0 Å². The molecular formula is C13H20N2. The summed E-state index contributed by atoms with van der Waals surface area (Å²) in [6.07, 6.45) is 1.90. The number of hydrogen-bond donors (Lipinski definition) is 1. The second-order valence-electron chi connectivity index (χ2n) is 5.06. The molecule has 0 aliphatic rings. The lowest BCUT2D eigenvalue weighted by Crippen LogP contribution is -2.12. The van der Waals surface area contributed by atoms with Crippen molar-refractivity contribution in [3.8, 4) is 0 Å². The first-order chi connectivity index (χ1) is 6.79. The van der Waals surface area contributed by atoms with Crippen LogP contribution in [0.25, 0.3) is 6.08 Å². The minimum Gasteiger partial charge on any atom is -0.402 e. The van der Waals surface area contributed by atoms with E-state index in [4.69, 9.17) is 5.73 Å². The molecule has 82 valence electrons. The molecule has 1 rings (SSSR count). The first kappa shape index (κ1) is 11.8. The van der Waals surface area contributed by atoms with Crippen LogP contribution in [0.3, 0.4) is 0 Å². The number of allylic oxidation sites excluding steroid dienone is 1. The lowest BCUT2D eigenvalue weighted by atomic mass is 9.87. The highest BCUT2D eigenvalue weighted by molar-refractivity contribution is 5.49. The van der Waals surface area contributed by atoms with Crippen molar-refractivity contribution in [2.45, 2.75) is 40.0 Å². The zero-order chi connectivity index (χ0) is 11.6. The van der Waals surface area contributed by atoms with Gasteiger partial charge in [0.1, 0.15) is 0 Å². The number of nitrogens with two attached hydrogens (primary N) is 1. The summed E-state index contributed by atoms with van der Waals surface area (Å²) < 4.78 is 0. The third-order valence-corrected chi connectivity index (χ3v) is 2.21. The zero-order valence-electron chi connectivity index (χ0n) is 10.3. The Morgan fingerprint density at radius 2 is 1.93 bits per heavy atom. The van der Waals surface area contributed by atoms with E-state index in [0.717, 1.165) is 17.1 Å². The highest BCUT2D eigenvalue weighted by Crippen LogP contribution is 2.23. The molecule has 2 nitrogen and oxygen atoms in total. The average Bonchev–Trinajstić information content (AvgIpc) is 1.99. The Kier molecular flexibility index (Phi) is 3.18. The van der Waals surface area contributed by atoms with E-state index in [1.165, 1.54) is 5.56 Å². The maximum atomic E-state index is 5.65. The maximum absolute atomic E-state index is 5.65. The summed E-state index contributed by atoms with van der Waals surface area (Å²) in [6.45, 7) is 10.5. The highest BCUT2D eigenvalue weighted by Gasteiger charge is 2.14. The fourth-order valence-electron chi connectivity index (χ4n) is 1.43. The molecule has 2 N–H and O–H groups in total. The van der Waals surface area contributed by atoms with Crippen molar-refractivity contribution in [1.29, 1.82) is 0 Å². The molecule has 0 aliphatic carbocycles. The van der Waals surface area contributed by atoms with E-state index in [0.29, 0.717) is 0 Å². The SMILES string of the molecule is C/C(N)=C/c1cc(C(C)(C)C)cc(C)n1. The Hall–Kier alpha value is -1.31. The molecule has 0 saturated carbocycles. The van der Waals surface area contributed by atoms with E-state index < -0.39 is 0 Å². The Morgan fingerprint density at radius 1 is 1.33 bits per heavy atom. The number of aromatic nitrogens is 1. The van der Waals surface area contributed by atoms with Gasteiger partial charge in [0.15, 0.2) is 0 Å². The first-order valence-corrected chi connectivity index (χ1v) is 5.22. The van der Waals surface area contributed by atoms with Gasteiger partial charge in [-0.1, -0.05) is 20.8 Å². The lowest BCUT2D eigenvalue weighted by molar-refractivity contribution is 0.588. The molecule has 0 atom stereocenters. The molecule has 0 fully saturated rings. The summed E-state index contributed by atoms with van der Waals surface area (Å²) in [6, 6.07) is 4.23. The molecular weight excluding hydrogens is 184 g/mol. The van der Waals surface area contributed by atoms with Crippen LogP contribution in [0, 0.1) is 6.92 Å². The third-order valence-electron chi connectivity index (χ3n) is 2.21. The van der Waals surface area contributed by atoms with Crippen molar-refractivity contribution in [3.63, 3.8) is 0 Å². The van der Waals surface area contributed by atoms with Crippen LogP contribution in [0.1, 0.15) is 44.6 Å². The van der Waals surface area contributed by atoms with Crippen molar-refractivity contribution >= 4 is 6.08 Å². The normalized spacial score (nSPS) is 13.0. The summed E-state index contributed by atoms with van der Waals surface area (Å²) in [5.41, 5.74) is 9.87. The van der Waals surface area contributed by atoms with Crippen LogP contribution < -0.4 is 5.73 Å². The molecule has 1 aromatic rings. The average molecular weight is 204 g/mol. The number of aryl methyl sites for hydroxylation is 1. The van der Waals surface area contributed by atoms with Gasteiger partial charge < -0.3 is 5.73 Å². The van der Waals surface area contributed by atoms with Crippen LogP contribution in [0.4, 0.5) is 0 Å². The van der Waals surface area contributed by atoms with Gasteiger partial charge in [0.25, 0.3) is 0 Å². The fraction of sp³-hybridized carbons (Fsp3) is 0.462. The van der Waals surface area contributed by atoms with E-state index in [2.05, 4.69) is 37.9 Å². The minimum absolute atomic E-state index is 0.152. The summed E-state index contributed by atoms with van der Waals surface area (Å²) >= 11 is 0. The number of pyridine rings is 1. The molecule has 0 amide bonds. The number of rotatable bonds is 1. The van der Waals surface area contributed by atoms with Gasteiger partial charge in [-0.2, -0.15) is 0 Å². The van der Waals surface area contributed by atoms with Crippen molar-refractivity contribution in [3.05, 3.63) is 34.8 Å². The summed E-state index contributed by atoms with van der Waals surface area (Å²) in [7, 11) is 0. The Morgan fingerprint density at radius 3 is 2.40 bits per heavy atom. The molecule has 0 radical (unpaired) electrons. The molecule has 2 heteroatoms. The van der Waals surface area contributed by atoms with Crippen LogP contribution in [-0.4, -0.2) is 4.98 Å². The maximum Gasteiger partial charge on any atom is 0.0652 e. The molecule has 0 aromatic carbocycles. The second kappa shape index (κ2) is 4.05. The standard InChI is InChI=1S/C13H20N2/c1-9(14)6-12-8-11(13(3,4)5)7-10(2)15-12/h6-8H,14H2,1-5H3/b9-6-. The lowest BCUT2D eigenvalue weighted by Gasteiger charge is -2.19. The number of hydrogen-bond acceptors (Lipinski definition) is 2. The van der Waals surface area contributed by atoms with Crippen molar-refractivity contribution in [2.24, 2.45) is 5.73 Å². The van der Waals surface area contributed by atoms with E-state index >= 15 is 0 Å². The second-order valence-corrected chi connectivity index (χ2v) is 5.06. The molecule has 0 spiro atoms. The topological polar surface area (TPSA) is 38.9 Å². The van der Waals surface area contributed by atoms with E-state index in [1.807, 2.05) is 19.9 Å². The summed E-state index contributed by atoms with van der Waals surface area (Å²) in [4.78, 5) is 4.43. The van der Waals surface area contributed by atoms with Gasteiger partial charge in [-0.05, 0) is 43.0 Å². The van der Waals surface area contributed by atoms with Gasteiger partial charge in [0.2, 0.25) is 0 Å². The first-order valence-electron chi connectivity index (χ1n) is 5.22. The van der Waals surface area contributed by atoms with Gasteiger partial charge in [0.05, 0.1) is 5.69 Å². The predicted octanol–water partition coefficient (Wildman–Crippen LogP) is 3.01. The predicted molar refractivity (Wildman–Crippen MR) is 65.5 cm³/mol. The highest BCUT2D eigenvalue weighted by atomic mass is 14.7. The largest absolute Gasteiger partial charge is 0.402 e. The van der Waals surface area contributed by atoms with Gasteiger partial charge in [-0.3, -0.25) is 4.98 Å². The van der Waals surface area contributed by atoms with Crippen LogP contribution >= 0.6 is 0 Å². The fourth-order valence-corrected chi connectivity index (χ4v) is 1.43. The molecule has 15 heavy (non-hydrogen) atoms. The molecule has 0 saturated heterocycles. The van der Waals surface area contributed by atoms with Crippen LogP contribution in [0.15, 0.2) is 17.8 Å². The van der Waals surface area contributed by atoms with Gasteiger partial charge >= 0.3 is 0 Å². The Labute approximate surface area is 92.2 Å². The van der Waals surface area contributed by atoms with Gasteiger partial charge in [-0.25, -0.2) is 0 Å². The summed E-state index contributed by atoms with van der Waals surface area (Å²) in [5.74, 6) is 0. The molecule has 1 aromatic heterocycles. The van der Waals surface area contributed by atoms with E-state index in [1.54, 1.807) is 0 Å². The van der Waals surface area contributed by atoms with Crippen molar-refractivity contribution < 1.29 is 0 Å². The monoisotopic (exact) mass is 204 g/mol. The quantitative estimate of drug-likeness (QED) is 0.763. The molecule has 0 aliphatic heterocycles. The smallest absolute Gasteiger partial charge is 0.0652 e. The Balaban J connectivity index is 3.23. The molecule has 0 unspecified atom stereocenters. The number of nitrogens with zero attached hydrogens (tertiary/aromatic N) is 1. The van der Waals surface area contributed by atoms with E-state index in [9.17, 15) is 0 Å². The zero-order valence-corrected chi connectivity index (χ0v) is 10.3. The third kappa shape index (κ3) is 3.39. The van der Waals surface area contributed by atoms with Crippen LogP contribution in [0.5, 0.6) is 0 Å². The van der Waals surface area contributed by atoms with Crippen LogP contribution in [0.2, 0.25) is 0 Å². The van der Waals surface area contributed by atoms with E-state index in [-0.39, 0.29) is 5.41 Å². The minimum atomic E-state index is 0.152. The van der Waals surface area contributed by atoms with Crippen LogP contribution in [-0.2, 0) is 5.41 Å². The molecule has 0 bridgehead atoms.